The minimum Gasteiger partial charge on any atom is -0.508 e. The first-order valence-corrected chi connectivity index (χ1v) is 8.64. The zero-order valence-electron chi connectivity index (χ0n) is 15.1. The highest BCUT2D eigenvalue weighted by Crippen LogP contribution is 2.40. The molecule has 0 saturated carbocycles. The fraction of sp³-hybridized carbons (Fsp3) is 0.200. The van der Waals surface area contributed by atoms with Crippen molar-refractivity contribution in [2.24, 2.45) is 0 Å². The summed E-state index contributed by atoms with van der Waals surface area (Å²) in [6, 6.07) is 15.0. The number of phenols is 1. The zero-order valence-corrected chi connectivity index (χ0v) is 15.1. The molecule has 134 valence electrons. The third kappa shape index (κ3) is 3.13. The number of nitrogens with two attached hydrogens (primary N) is 1. The summed E-state index contributed by atoms with van der Waals surface area (Å²) >= 11 is 0. The lowest BCUT2D eigenvalue weighted by Gasteiger charge is -2.22. The minimum atomic E-state index is -0.188. The van der Waals surface area contributed by atoms with Gasteiger partial charge in [0, 0.05) is 12.6 Å². The Morgan fingerprint density at radius 2 is 1.88 bits per heavy atom. The average Bonchev–Trinajstić information content (AvgIpc) is 3.01. The van der Waals surface area contributed by atoms with Gasteiger partial charge in [-0.2, -0.15) is 0 Å². The number of nitrogens with zero attached hydrogens (tertiary/aromatic N) is 3. The summed E-state index contributed by atoms with van der Waals surface area (Å²) in [4.78, 5) is 11.1. The number of benzene rings is 2. The van der Waals surface area contributed by atoms with Gasteiger partial charge < -0.3 is 21.1 Å². The van der Waals surface area contributed by atoms with Crippen LogP contribution in [0.15, 0.2) is 54.7 Å². The third-order valence-electron chi connectivity index (χ3n) is 4.19. The number of para-hydroxylation sites is 2. The molecule has 1 aliphatic heterocycles. The zero-order chi connectivity index (χ0) is 18.7. The third-order valence-corrected chi connectivity index (χ3v) is 4.19. The number of fused-ring (bicyclic) bond motifs is 1. The highest BCUT2D eigenvalue weighted by Gasteiger charge is 2.30. The van der Waals surface area contributed by atoms with E-state index in [1.165, 1.54) is 0 Å². The molecule has 1 atom stereocenters. The molecule has 6 nitrogen and oxygen atoms in total. The maximum Gasteiger partial charge on any atom is 0.149 e. The number of aromatic hydroxyl groups is 1. The summed E-state index contributed by atoms with van der Waals surface area (Å²) < 4.78 is 0. The second-order valence-electron chi connectivity index (χ2n) is 5.75. The van der Waals surface area contributed by atoms with Gasteiger partial charge in [-0.3, -0.25) is 0 Å². The number of rotatable bonds is 2. The van der Waals surface area contributed by atoms with Crippen LogP contribution in [0.2, 0.25) is 0 Å². The first-order chi connectivity index (χ1) is 12.6. The van der Waals surface area contributed by atoms with E-state index < -0.39 is 0 Å². The van der Waals surface area contributed by atoms with E-state index in [0.717, 1.165) is 16.9 Å². The van der Waals surface area contributed by atoms with Crippen molar-refractivity contribution in [1.29, 1.82) is 0 Å². The Morgan fingerprint density at radius 1 is 1.12 bits per heavy atom. The van der Waals surface area contributed by atoms with Crippen molar-refractivity contribution in [2.75, 3.05) is 23.0 Å². The highest BCUT2D eigenvalue weighted by molar-refractivity contribution is 5.77. The lowest BCUT2D eigenvalue weighted by molar-refractivity contribution is 0.475. The van der Waals surface area contributed by atoms with Crippen molar-refractivity contribution < 1.29 is 5.11 Å². The van der Waals surface area contributed by atoms with E-state index in [2.05, 4.69) is 15.2 Å². The van der Waals surface area contributed by atoms with Gasteiger partial charge in [0.15, 0.2) is 0 Å². The molecule has 1 aliphatic rings. The van der Waals surface area contributed by atoms with Gasteiger partial charge in [0.05, 0.1) is 23.3 Å². The van der Waals surface area contributed by atoms with Crippen LogP contribution in [0.25, 0.3) is 11.3 Å². The summed E-state index contributed by atoms with van der Waals surface area (Å²) in [7, 11) is 1.99. The molecule has 0 amide bonds. The second kappa shape index (κ2) is 7.31. The summed E-state index contributed by atoms with van der Waals surface area (Å²) in [6.07, 6.45) is 1.43. The molecule has 1 unspecified atom stereocenters. The molecule has 4 rings (SSSR count). The Balaban J connectivity index is 0.000000948. The normalized spacial score (nSPS) is 14.9. The van der Waals surface area contributed by atoms with Crippen LogP contribution in [0.5, 0.6) is 5.75 Å². The second-order valence-corrected chi connectivity index (χ2v) is 5.75. The van der Waals surface area contributed by atoms with Crippen LogP contribution in [-0.4, -0.2) is 22.1 Å². The molecule has 0 saturated heterocycles. The molecular weight excluding hydrogens is 326 g/mol. The number of phenolic OH excluding ortho intramolecular Hbond substituents is 1. The fourth-order valence-corrected chi connectivity index (χ4v) is 2.96. The molecule has 0 spiro atoms. The molecule has 0 fully saturated rings. The first-order valence-electron chi connectivity index (χ1n) is 8.64. The van der Waals surface area contributed by atoms with E-state index in [9.17, 15) is 5.11 Å². The van der Waals surface area contributed by atoms with Crippen LogP contribution in [-0.2, 0) is 0 Å². The monoisotopic (exact) mass is 349 g/mol. The van der Waals surface area contributed by atoms with E-state index in [1.807, 2.05) is 51.2 Å². The Labute approximate surface area is 153 Å². The number of nitrogens with one attached hydrogen (secondary N) is 1. The van der Waals surface area contributed by atoms with Gasteiger partial charge in [-0.1, -0.05) is 38.1 Å². The number of hydrogen-bond acceptors (Lipinski definition) is 6. The molecule has 0 radical (unpaired) electrons. The van der Waals surface area contributed by atoms with Crippen molar-refractivity contribution in [3.05, 3.63) is 60.4 Å². The highest BCUT2D eigenvalue weighted by atomic mass is 16.3. The molecule has 2 aromatic carbocycles. The van der Waals surface area contributed by atoms with Crippen molar-refractivity contribution >= 4 is 17.2 Å². The van der Waals surface area contributed by atoms with Crippen molar-refractivity contribution in [1.82, 2.24) is 9.97 Å². The number of anilines is 3. The predicted molar refractivity (Wildman–Crippen MR) is 106 cm³/mol. The van der Waals surface area contributed by atoms with E-state index >= 15 is 0 Å². The molecule has 4 N–H and O–H groups in total. The maximum atomic E-state index is 9.68. The van der Waals surface area contributed by atoms with Gasteiger partial charge in [0.1, 0.15) is 23.4 Å². The SMILES string of the molecule is CC.CN1c2ccccc2NC1c1nc(-c2cccc(O)c2)cnc1N. The predicted octanol–water partition coefficient (Wildman–Crippen LogP) is 4.02. The van der Waals surface area contributed by atoms with Crippen LogP contribution in [0.1, 0.15) is 25.7 Å². The number of hydrogen-bond donors (Lipinski definition) is 3. The smallest absolute Gasteiger partial charge is 0.149 e. The van der Waals surface area contributed by atoms with Crippen LogP contribution in [0.4, 0.5) is 17.2 Å². The van der Waals surface area contributed by atoms with Gasteiger partial charge in [-0.15, -0.1) is 0 Å². The van der Waals surface area contributed by atoms with Crippen LogP contribution in [0, 0.1) is 0 Å². The Morgan fingerprint density at radius 3 is 2.62 bits per heavy atom. The van der Waals surface area contributed by atoms with Crippen LogP contribution < -0.4 is 16.0 Å². The maximum absolute atomic E-state index is 9.68. The van der Waals surface area contributed by atoms with Gasteiger partial charge in [-0.05, 0) is 24.3 Å². The lowest BCUT2D eigenvalue weighted by atomic mass is 10.1. The van der Waals surface area contributed by atoms with E-state index in [4.69, 9.17) is 10.7 Å². The molecule has 0 bridgehead atoms. The summed E-state index contributed by atoms with van der Waals surface area (Å²) in [5.41, 5.74) is 10.3. The summed E-state index contributed by atoms with van der Waals surface area (Å²) in [5, 5.41) is 13.1. The van der Waals surface area contributed by atoms with Gasteiger partial charge >= 0.3 is 0 Å². The molecule has 2 heterocycles. The average molecular weight is 349 g/mol. The number of nitrogen functional groups attached to an aromatic ring is 1. The lowest BCUT2D eigenvalue weighted by Crippen LogP contribution is -2.26. The summed E-state index contributed by atoms with van der Waals surface area (Å²) in [5.74, 6) is 0.576. The Bertz CT molecular complexity index is 912. The van der Waals surface area contributed by atoms with Crippen LogP contribution in [0.3, 0.4) is 0 Å². The largest absolute Gasteiger partial charge is 0.508 e. The fourth-order valence-electron chi connectivity index (χ4n) is 2.96. The van der Waals surface area contributed by atoms with Gasteiger partial charge in [0.25, 0.3) is 0 Å². The quantitative estimate of drug-likeness (QED) is 0.648. The standard InChI is InChI=1S/C18H17N5O.C2H6/c1-23-15-8-3-2-7-13(15)22-18(23)16-17(19)20-10-14(21-16)11-5-4-6-12(24)9-11;1-2/h2-10,18,22,24H,1H3,(H2,19,20);1-2H3. The molecule has 1 aromatic heterocycles. The topological polar surface area (TPSA) is 87.3 Å². The Hall–Kier alpha value is -3.28. The first kappa shape index (κ1) is 17.5. The van der Waals surface area contributed by atoms with E-state index in [0.29, 0.717) is 17.2 Å². The van der Waals surface area contributed by atoms with Gasteiger partial charge in [-0.25, -0.2) is 9.97 Å². The van der Waals surface area contributed by atoms with Crippen molar-refractivity contribution in [3.8, 4) is 17.0 Å². The molecule has 3 aromatic rings. The molecule has 6 heteroatoms. The Kier molecular flexibility index (Phi) is 4.93. The van der Waals surface area contributed by atoms with Gasteiger partial charge in [0.2, 0.25) is 0 Å². The van der Waals surface area contributed by atoms with Crippen molar-refractivity contribution in [3.63, 3.8) is 0 Å². The number of aromatic nitrogens is 2. The summed E-state index contributed by atoms with van der Waals surface area (Å²) in [6.45, 7) is 4.00. The van der Waals surface area contributed by atoms with E-state index in [1.54, 1.807) is 24.4 Å². The van der Waals surface area contributed by atoms with Crippen LogP contribution >= 0.6 is 0 Å². The molecule has 0 aliphatic carbocycles. The van der Waals surface area contributed by atoms with Crippen molar-refractivity contribution in [2.45, 2.75) is 20.0 Å². The minimum absolute atomic E-state index is 0.188. The molecular formula is C20H23N5O. The van der Waals surface area contributed by atoms with E-state index in [-0.39, 0.29) is 11.9 Å². The molecule has 26 heavy (non-hydrogen) atoms.